The minimum atomic E-state index is -0.682. The highest BCUT2D eigenvalue weighted by Crippen LogP contribution is 2.25. The summed E-state index contributed by atoms with van der Waals surface area (Å²) in [6.45, 7) is 2.25. The van der Waals surface area contributed by atoms with Gasteiger partial charge >= 0.3 is 0 Å². The zero-order valence-corrected chi connectivity index (χ0v) is 16.9. The average molecular weight is 416 g/mol. The Morgan fingerprint density at radius 3 is 2.48 bits per heavy atom. The van der Waals surface area contributed by atoms with Crippen LogP contribution in [-0.2, 0) is 11.4 Å². The summed E-state index contributed by atoms with van der Waals surface area (Å²) in [6, 6.07) is 12.9. The number of piperidine rings is 1. The lowest BCUT2D eigenvalue weighted by Gasteiger charge is -2.30. The van der Waals surface area contributed by atoms with Gasteiger partial charge in [-0.25, -0.2) is 13.5 Å². The fraction of sp³-hybridized carbons (Fsp3) is 0.333. The number of rotatable bonds is 5. The molecule has 0 bridgehead atoms. The largest absolute Gasteiger partial charge is 0.381 e. The summed E-state index contributed by atoms with van der Waals surface area (Å²) in [5.74, 6) is -0.793. The maximum Gasteiger partial charge on any atom is 0.204 e. The van der Waals surface area contributed by atoms with Gasteiger partial charge in [0.1, 0.15) is 11.6 Å². The molecule has 0 aliphatic carbocycles. The van der Waals surface area contributed by atoms with Crippen LogP contribution in [0.4, 0.5) is 8.78 Å². The van der Waals surface area contributed by atoms with E-state index in [-0.39, 0.29) is 11.8 Å². The summed E-state index contributed by atoms with van der Waals surface area (Å²) in [7, 11) is 1.74. The maximum absolute atomic E-state index is 14.6. The van der Waals surface area contributed by atoms with Crippen LogP contribution in [0.2, 0.25) is 0 Å². The van der Waals surface area contributed by atoms with E-state index in [9.17, 15) is 8.78 Å². The van der Waals surface area contributed by atoms with Crippen molar-refractivity contribution in [3.05, 3.63) is 64.9 Å². The third-order valence-corrected chi connectivity index (χ3v) is 5.62. The van der Waals surface area contributed by atoms with Crippen molar-refractivity contribution in [1.29, 1.82) is 0 Å². The molecule has 152 valence electrons. The van der Waals surface area contributed by atoms with Crippen molar-refractivity contribution in [2.24, 2.45) is 0 Å². The number of aromatic nitrogens is 3. The first-order valence-electron chi connectivity index (χ1n) is 9.52. The molecule has 1 saturated heterocycles. The highest BCUT2D eigenvalue weighted by Gasteiger charge is 2.22. The third-order valence-electron chi connectivity index (χ3n) is 5.22. The predicted molar refractivity (Wildman–Crippen MR) is 109 cm³/mol. The van der Waals surface area contributed by atoms with Crippen LogP contribution < -0.4 is 0 Å². The standard InChI is InChI=1S/C21H22F2N4OS/c1-28-17-9-11-25(12-10-17)14-26-21(29)27(19-8-7-16(22)13-18(19)23)20(24-26)15-5-3-2-4-6-15/h2-8,13,17H,9-12,14H2,1H3. The van der Waals surface area contributed by atoms with Crippen LogP contribution in [0.1, 0.15) is 12.8 Å². The molecule has 0 unspecified atom stereocenters. The predicted octanol–water partition coefficient (Wildman–Crippen LogP) is 4.42. The number of nitrogens with zero attached hydrogens (tertiary/aromatic N) is 4. The number of ether oxygens (including phenoxy) is 1. The van der Waals surface area contributed by atoms with Crippen LogP contribution in [0, 0.1) is 16.4 Å². The van der Waals surface area contributed by atoms with Gasteiger partial charge in [-0.3, -0.25) is 9.47 Å². The van der Waals surface area contributed by atoms with Crippen LogP contribution in [0.3, 0.4) is 0 Å². The topological polar surface area (TPSA) is 35.2 Å². The molecule has 2 aromatic carbocycles. The summed E-state index contributed by atoms with van der Waals surface area (Å²) in [5.41, 5.74) is 0.985. The highest BCUT2D eigenvalue weighted by molar-refractivity contribution is 7.71. The van der Waals surface area contributed by atoms with E-state index >= 15 is 0 Å². The van der Waals surface area contributed by atoms with E-state index in [2.05, 4.69) is 4.90 Å². The molecule has 8 heteroatoms. The van der Waals surface area contributed by atoms with Crippen LogP contribution in [0.25, 0.3) is 17.1 Å². The Bertz CT molecular complexity index is 1040. The third kappa shape index (κ3) is 4.14. The molecule has 0 N–H and O–H groups in total. The second kappa shape index (κ2) is 8.52. The number of halogens is 2. The molecule has 1 aliphatic heterocycles. The zero-order chi connectivity index (χ0) is 20.4. The Kier molecular flexibility index (Phi) is 5.84. The van der Waals surface area contributed by atoms with Gasteiger partial charge in [0.15, 0.2) is 5.82 Å². The van der Waals surface area contributed by atoms with E-state index in [1.54, 1.807) is 16.4 Å². The van der Waals surface area contributed by atoms with Crippen molar-refractivity contribution in [3.63, 3.8) is 0 Å². The van der Waals surface area contributed by atoms with Crippen molar-refractivity contribution in [3.8, 4) is 17.1 Å². The number of benzene rings is 2. The lowest BCUT2D eigenvalue weighted by atomic mass is 10.1. The van der Waals surface area contributed by atoms with Gasteiger partial charge < -0.3 is 4.74 Å². The maximum atomic E-state index is 14.6. The van der Waals surface area contributed by atoms with Crippen molar-refractivity contribution < 1.29 is 13.5 Å². The van der Waals surface area contributed by atoms with E-state index in [4.69, 9.17) is 22.1 Å². The summed E-state index contributed by atoms with van der Waals surface area (Å²) in [4.78, 5) is 2.25. The van der Waals surface area contributed by atoms with Gasteiger partial charge in [0.2, 0.25) is 4.77 Å². The van der Waals surface area contributed by atoms with E-state index < -0.39 is 11.6 Å². The van der Waals surface area contributed by atoms with Crippen molar-refractivity contribution in [2.45, 2.75) is 25.6 Å². The van der Waals surface area contributed by atoms with E-state index in [1.807, 2.05) is 30.3 Å². The highest BCUT2D eigenvalue weighted by atomic mass is 32.1. The monoisotopic (exact) mass is 416 g/mol. The van der Waals surface area contributed by atoms with E-state index in [1.165, 1.54) is 12.1 Å². The SMILES string of the molecule is COC1CCN(Cn2nc(-c3ccccc3)n(-c3ccc(F)cc3F)c2=S)CC1. The molecule has 0 atom stereocenters. The van der Waals surface area contributed by atoms with Gasteiger partial charge in [0, 0.05) is 31.8 Å². The first-order valence-corrected chi connectivity index (χ1v) is 9.93. The minimum Gasteiger partial charge on any atom is -0.381 e. The summed E-state index contributed by atoms with van der Waals surface area (Å²) >= 11 is 5.65. The summed E-state index contributed by atoms with van der Waals surface area (Å²) in [6.07, 6.45) is 2.18. The van der Waals surface area contributed by atoms with Gasteiger partial charge in [0.05, 0.1) is 18.5 Å². The van der Waals surface area contributed by atoms with Crippen LogP contribution in [0.15, 0.2) is 48.5 Å². The molecule has 29 heavy (non-hydrogen) atoms. The van der Waals surface area contributed by atoms with Gasteiger partial charge in [-0.05, 0) is 37.2 Å². The first-order chi connectivity index (χ1) is 14.1. The van der Waals surface area contributed by atoms with E-state index in [0.29, 0.717) is 17.3 Å². The Balaban J connectivity index is 1.74. The van der Waals surface area contributed by atoms with Crippen LogP contribution in [-0.4, -0.2) is 45.6 Å². The number of hydrogen-bond donors (Lipinski definition) is 0. The Morgan fingerprint density at radius 2 is 1.83 bits per heavy atom. The van der Waals surface area contributed by atoms with Gasteiger partial charge in [0.25, 0.3) is 0 Å². The molecule has 2 heterocycles. The zero-order valence-electron chi connectivity index (χ0n) is 16.1. The molecule has 5 nitrogen and oxygen atoms in total. The molecule has 0 amide bonds. The molecular weight excluding hydrogens is 394 g/mol. The molecule has 1 fully saturated rings. The van der Waals surface area contributed by atoms with Gasteiger partial charge in [-0.2, -0.15) is 0 Å². The van der Waals surface area contributed by atoms with Gasteiger partial charge in [-0.1, -0.05) is 30.3 Å². The second-order valence-corrected chi connectivity index (χ2v) is 7.46. The van der Waals surface area contributed by atoms with Gasteiger partial charge in [-0.15, -0.1) is 5.10 Å². The lowest BCUT2D eigenvalue weighted by Crippen LogP contribution is -2.38. The molecular formula is C21H22F2N4OS. The number of methoxy groups -OCH3 is 1. The smallest absolute Gasteiger partial charge is 0.204 e. The second-order valence-electron chi connectivity index (χ2n) is 7.10. The number of hydrogen-bond acceptors (Lipinski definition) is 4. The van der Waals surface area contributed by atoms with Crippen LogP contribution >= 0.6 is 12.2 Å². The molecule has 3 aromatic rings. The summed E-state index contributed by atoms with van der Waals surface area (Å²) in [5, 5.41) is 4.70. The summed E-state index contributed by atoms with van der Waals surface area (Å²) < 4.78 is 37.1. The van der Waals surface area contributed by atoms with Crippen molar-refractivity contribution >= 4 is 12.2 Å². The van der Waals surface area contributed by atoms with Crippen molar-refractivity contribution in [2.75, 3.05) is 20.2 Å². The normalized spacial score (nSPS) is 15.7. The fourth-order valence-electron chi connectivity index (χ4n) is 3.63. The lowest BCUT2D eigenvalue weighted by molar-refractivity contribution is 0.0301. The molecule has 4 rings (SSSR count). The minimum absolute atomic E-state index is 0.180. The molecule has 0 spiro atoms. The van der Waals surface area contributed by atoms with E-state index in [0.717, 1.165) is 37.6 Å². The quantitative estimate of drug-likeness (QED) is 0.577. The first kappa shape index (κ1) is 19.9. The molecule has 0 saturated carbocycles. The van der Waals surface area contributed by atoms with Crippen molar-refractivity contribution in [1.82, 2.24) is 19.2 Å². The Morgan fingerprint density at radius 1 is 1.10 bits per heavy atom. The molecule has 1 aromatic heterocycles. The number of likely N-dealkylation sites (tertiary alicyclic amines) is 1. The molecule has 1 aliphatic rings. The fourth-order valence-corrected chi connectivity index (χ4v) is 3.91. The average Bonchev–Trinajstić information content (AvgIpc) is 3.05. The Labute approximate surface area is 173 Å². The Hall–Kier alpha value is -2.42. The van der Waals surface area contributed by atoms with Crippen LogP contribution in [0.5, 0.6) is 0 Å². The molecule has 0 radical (unpaired) electrons.